The standard InChI is InChI=1S/C15H19N3O2/c1-2-9-19-14-5-3-4-6-15(14)20-11-13-10-12(18-16)7-8-17-13/h3-8,10H,2,9,11,16H2,1H3,(H,17,18). The molecule has 1 heterocycles. The van der Waals surface area contributed by atoms with E-state index in [0.717, 1.165) is 23.6 Å². The van der Waals surface area contributed by atoms with Crippen molar-refractivity contribution in [3.63, 3.8) is 0 Å². The maximum Gasteiger partial charge on any atom is 0.161 e. The van der Waals surface area contributed by atoms with E-state index in [9.17, 15) is 0 Å². The van der Waals surface area contributed by atoms with Crippen molar-refractivity contribution in [1.82, 2.24) is 4.98 Å². The van der Waals surface area contributed by atoms with Crippen molar-refractivity contribution in [2.75, 3.05) is 12.0 Å². The molecule has 0 aliphatic carbocycles. The largest absolute Gasteiger partial charge is 0.490 e. The van der Waals surface area contributed by atoms with E-state index in [4.69, 9.17) is 15.3 Å². The summed E-state index contributed by atoms with van der Waals surface area (Å²) in [6, 6.07) is 11.3. The Bertz CT molecular complexity index is 546. The smallest absolute Gasteiger partial charge is 0.161 e. The lowest BCUT2D eigenvalue weighted by Crippen LogP contribution is -2.08. The van der Waals surface area contributed by atoms with Crippen molar-refractivity contribution in [3.8, 4) is 11.5 Å². The fraction of sp³-hybridized carbons (Fsp3) is 0.267. The number of aromatic nitrogens is 1. The molecular weight excluding hydrogens is 254 g/mol. The molecule has 0 fully saturated rings. The summed E-state index contributed by atoms with van der Waals surface area (Å²) >= 11 is 0. The minimum Gasteiger partial charge on any atom is -0.490 e. The van der Waals surface area contributed by atoms with Crippen molar-refractivity contribution in [2.45, 2.75) is 20.0 Å². The minimum atomic E-state index is 0.363. The first-order chi connectivity index (χ1) is 9.83. The first-order valence-electron chi connectivity index (χ1n) is 6.59. The topological polar surface area (TPSA) is 69.4 Å². The lowest BCUT2D eigenvalue weighted by Gasteiger charge is -2.12. The lowest BCUT2D eigenvalue weighted by molar-refractivity contribution is 0.259. The number of para-hydroxylation sites is 2. The molecule has 0 aliphatic rings. The molecule has 0 amide bonds. The van der Waals surface area contributed by atoms with E-state index in [1.54, 1.807) is 12.3 Å². The Balaban J connectivity index is 2.02. The van der Waals surface area contributed by atoms with Crippen molar-refractivity contribution in [1.29, 1.82) is 0 Å². The van der Waals surface area contributed by atoms with Gasteiger partial charge < -0.3 is 14.9 Å². The Morgan fingerprint density at radius 1 is 1.15 bits per heavy atom. The molecular formula is C15H19N3O2. The number of hydrazine groups is 1. The summed E-state index contributed by atoms with van der Waals surface area (Å²) < 4.78 is 11.4. The van der Waals surface area contributed by atoms with E-state index in [0.29, 0.717) is 19.0 Å². The summed E-state index contributed by atoms with van der Waals surface area (Å²) in [5, 5.41) is 0. The first-order valence-corrected chi connectivity index (χ1v) is 6.59. The highest BCUT2D eigenvalue weighted by Gasteiger charge is 2.05. The molecule has 0 unspecified atom stereocenters. The highest BCUT2D eigenvalue weighted by atomic mass is 16.5. The molecule has 5 nitrogen and oxygen atoms in total. The second-order valence-electron chi connectivity index (χ2n) is 4.26. The lowest BCUT2D eigenvalue weighted by atomic mass is 10.3. The Kier molecular flexibility index (Phi) is 5.20. The number of rotatable bonds is 7. The number of nitrogens with one attached hydrogen (secondary N) is 1. The molecule has 2 aromatic rings. The number of ether oxygens (including phenoxy) is 2. The van der Waals surface area contributed by atoms with E-state index in [1.165, 1.54) is 0 Å². The number of nitrogen functional groups attached to an aromatic ring is 1. The number of benzene rings is 1. The van der Waals surface area contributed by atoms with Gasteiger partial charge in [-0.25, -0.2) is 0 Å². The molecule has 1 aromatic heterocycles. The average molecular weight is 273 g/mol. The van der Waals surface area contributed by atoms with Crippen LogP contribution in [0.1, 0.15) is 19.0 Å². The minimum absolute atomic E-state index is 0.363. The van der Waals surface area contributed by atoms with Gasteiger partial charge in [0.15, 0.2) is 11.5 Å². The fourth-order valence-electron chi connectivity index (χ4n) is 1.70. The first kappa shape index (κ1) is 14.1. The molecule has 0 aliphatic heterocycles. The quantitative estimate of drug-likeness (QED) is 0.599. The molecule has 0 spiro atoms. The maximum absolute atomic E-state index is 5.76. The molecule has 1 aromatic carbocycles. The van der Waals surface area contributed by atoms with Crippen LogP contribution in [0.2, 0.25) is 0 Å². The summed E-state index contributed by atoms with van der Waals surface area (Å²) in [6.07, 6.45) is 2.65. The van der Waals surface area contributed by atoms with Gasteiger partial charge in [-0.15, -0.1) is 0 Å². The van der Waals surface area contributed by atoms with Gasteiger partial charge in [-0.1, -0.05) is 19.1 Å². The summed E-state index contributed by atoms with van der Waals surface area (Å²) in [6.45, 7) is 3.10. The van der Waals surface area contributed by atoms with E-state index in [-0.39, 0.29) is 0 Å². The van der Waals surface area contributed by atoms with Gasteiger partial charge in [-0.05, 0) is 30.7 Å². The van der Waals surface area contributed by atoms with E-state index in [1.807, 2.05) is 30.3 Å². The molecule has 106 valence electrons. The summed E-state index contributed by atoms with van der Waals surface area (Å²) in [5.41, 5.74) is 4.18. The van der Waals surface area contributed by atoms with Crippen LogP contribution in [0.25, 0.3) is 0 Å². The van der Waals surface area contributed by atoms with Crippen molar-refractivity contribution >= 4 is 5.69 Å². The summed E-state index contributed by atoms with van der Waals surface area (Å²) in [7, 11) is 0. The molecule has 0 atom stereocenters. The molecule has 0 bridgehead atoms. The van der Waals surface area contributed by atoms with Crippen molar-refractivity contribution in [2.24, 2.45) is 5.84 Å². The highest BCUT2D eigenvalue weighted by molar-refractivity contribution is 5.42. The van der Waals surface area contributed by atoms with Gasteiger partial charge in [0.2, 0.25) is 0 Å². The van der Waals surface area contributed by atoms with Gasteiger partial charge in [-0.3, -0.25) is 10.8 Å². The van der Waals surface area contributed by atoms with Crippen LogP contribution in [0.15, 0.2) is 42.6 Å². The van der Waals surface area contributed by atoms with Crippen LogP contribution >= 0.6 is 0 Å². The van der Waals surface area contributed by atoms with Crippen LogP contribution in [0.4, 0.5) is 5.69 Å². The normalized spacial score (nSPS) is 10.1. The summed E-state index contributed by atoms with van der Waals surface area (Å²) in [4.78, 5) is 4.23. The maximum atomic E-state index is 5.76. The second kappa shape index (κ2) is 7.35. The van der Waals surface area contributed by atoms with E-state index >= 15 is 0 Å². The predicted molar refractivity (Wildman–Crippen MR) is 78.6 cm³/mol. The van der Waals surface area contributed by atoms with Crippen LogP contribution in [-0.4, -0.2) is 11.6 Å². The molecule has 0 saturated carbocycles. The van der Waals surface area contributed by atoms with E-state index in [2.05, 4.69) is 17.3 Å². The number of anilines is 1. The Labute approximate surface area is 118 Å². The SMILES string of the molecule is CCCOc1ccccc1OCc1cc(NN)ccn1. The van der Waals surface area contributed by atoms with Gasteiger partial charge in [0, 0.05) is 6.20 Å². The van der Waals surface area contributed by atoms with Crippen LogP contribution < -0.4 is 20.7 Å². The molecule has 2 rings (SSSR count). The number of pyridine rings is 1. The van der Waals surface area contributed by atoms with Crippen LogP contribution in [0.5, 0.6) is 11.5 Å². The molecule has 20 heavy (non-hydrogen) atoms. The third kappa shape index (κ3) is 3.86. The van der Waals surface area contributed by atoms with Gasteiger partial charge in [-0.2, -0.15) is 0 Å². The zero-order chi connectivity index (χ0) is 14.2. The van der Waals surface area contributed by atoms with Gasteiger partial charge in [0.1, 0.15) is 6.61 Å². The van der Waals surface area contributed by atoms with Gasteiger partial charge in [0.05, 0.1) is 18.0 Å². The number of hydrogen-bond acceptors (Lipinski definition) is 5. The van der Waals surface area contributed by atoms with Crippen molar-refractivity contribution < 1.29 is 9.47 Å². The van der Waals surface area contributed by atoms with Gasteiger partial charge in [0.25, 0.3) is 0 Å². The monoisotopic (exact) mass is 273 g/mol. The molecule has 0 saturated heterocycles. The third-order valence-electron chi connectivity index (χ3n) is 2.67. The summed E-state index contributed by atoms with van der Waals surface area (Å²) in [5.74, 6) is 6.84. The van der Waals surface area contributed by atoms with E-state index < -0.39 is 0 Å². The van der Waals surface area contributed by atoms with Crippen molar-refractivity contribution in [3.05, 3.63) is 48.3 Å². The van der Waals surface area contributed by atoms with Crippen LogP contribution in [0, 0.1) is 0 Å². The number of nitrogens with two attached hydrogens (primary N) is 1. The Morgan fingerprint density at radius 2 is 1.90 bits per heavy atom. The Morgan fingerprint density at radius 3 is 2.60 bits per heavy atom. The molecule has 0 radical (unpaired) electrons. The van der Waals surface area contributed by atoms with Gasteiger partial charge >= 0.3 is 0 Å². The zero-order valence-electron chi connectivity index (χ0n) is 11.5. The zero-order valence-corrected chi connectivity index (χ0v) is 11.5. The predicted octanol–water partition coefficient (Wildman–Crippen LogP) is 2.74. The number of hydrogen-bond donors (Lipinski definition) is 2. The second-order valence-corrected chi connectivity index (χ2v) is 4.26. The number of nitrogens with zero attached hydrogens (tertiary/aromatic N) is 1. The molecule has 3 N–H and O–H groups in total. The Hall–Kier alpha value is -2.27. The average Bonchev–Trinajstić information content (AvgIpc) is 2.52. The van der Waals surface area contributed by atoms with Crippen LogP contribution in [0.3, 0.4) is 0 Å². The fourth-order valence-corrected chi connectivity index (χ4v) is 1.70. The molecule has 5 heteroatoms. The highest BCUT2D eigenvalue weighted by Crippen LogP contribution is 2.27. The van der Waals surface area contributed by atoms with Crippen LogP contribution in [-0.2, 0) is 6.61 Å². The third-order valence-corrected chi connectivity index (χ3v) is 2.67.